The fraction of sp³-hybridized carbons (Fsp3) is 0.545. The van der Waals surface area contributed by atoms with Gasteiger partial charge in [-0.1, -0.05) is 0 Å². The van der Waals surface area contributed by atoms with Crippen LogP contribution in [-0.2, 0) is 21.3 Å². The highest BCUT2D eigenvalue weighted by Gasteiger charge is 2.09. The van der Waals surface area contributed by atoms with E-state index in [0.29, 0.717) is 24.3 Å². The maximum absolute atomic E-state index is 11.8. The Hall–Kier alpha value is -0.200. The third-order valence-electron chi connectivity index (χ3n) is 2.24. The molecule has 0 fully saturated rings. The number of carbonyl (C=O) groups excluding carboxylic acids is 1. The molecule has 96 valence electrons. The molecule has 0 saturated heterocycles. The van der Waals surface area contributed by atoms with E-state index in [0.717, 1.165) is 9.35 Å². The molecule has 0 unspecified atom stereocenters. The first-order valence-corrected chi connectivity index (χ1v) is 8.43. The molecule has 0 aromatic carbocycles. The van der Waals surface area contributed by atoms with E-state index in [1.54, 1.807) is 30.3 Å². The van der Waals surface area contributed by atoms with Crippen LogP contribution in [0.5, 0.6) is 0 Å². The van der Waals surface area contributed by atoms with Crippen molar-refractivity contribution in [3.05, 3.63) is 20.8 Å². The van der Waals surface area contributed by atoms with Crippen molar-refractivity contribution in [3.63, 3.8) is 0 Å². The van der Waals surface area contributed by atoms with Crippen LogP contribution >= 0.6 is 27.3 Å². The predicted octanol–water partition coefficient (Wildman–Crippen LogP) is 2.63. The summed E-state index contributed by atoms with van der Waals surface area (Å²) in [5.41, 5.74) is 0. The Morgan fingerprint density at radius 1 is 1.53 bits per heavy atom. The normalized spacial score (nSPS) is 12.4. The van der Waals surface area contributed by atoms with Gasteiger partial charge in [0.2, 0.25) is 5.91 Å². The number of hydrogen-bond acceptors (Lipinski definition) is 3. The van der Waals surface area contributed by atoms with Crippen LogP contribution < -0.4 is 0 Å². The summed E-state index contributed by atoms with van der Waals surface area (Å²) >= 11 is 5.03. The Labute approximate surface area is 117 Å². The first kappa shape index (κ1) is 14.9. The van der Waals surface area contributed by atoms with Crippen LogP contribution in [0, 0.1) is 0 Å². The minimum Gasteiger partial charge on any atom is -0.349 e. The molecule has 0 radical (unpaired) electrons. The number of halogens is 1. The van der Waals surface area contributed by atoms with Gasteiger partial charge in [0.15, 0.2) is 0 Å². The minimum absolute atomic E-state index is 0.0966. The second-order valence-corrected chi connectivity index (χ2v) is 7.30. The van der Waals surface area contributed by atoms with E-state index in [1.165, 1.54) is 0 Å². The van der Waals surface area contributed by atoms with Crippen LogP contribution in [0.2, 0.25) is 0 Å². The number of nitrogens with zero attached hydrogens (tertiary/aromatic N) is 1. The van der Waals surface area contributed by atoms with Crippen LogP contribution in [0.1, 0.15) is 17.7 Å². The molecule has 17 heavy (non-hydrogen) atoms. The Kier molecular flexibility index (Phi) is 6.37. The third-order valence-corrected chi connectivity index (χ3v) is 5.71. The van der Waals surface area contributed by atoms with Gasteiger partial charge in [-0.05, 0) is 33.8 Å². The highest BCUT2D eigenvalue weighted by atomic mass is 79.9. The maximum Gasteiger partial charge on any atom is 0.222 e. The van der Waals surface area contributed by atoms with Crippen molar-refractivity contribution in [2.24, 2.45) is 0 Å². The van der Waals surface area contributed by atoms with E-state index in [4.69, 9.17) is 0 Å². The molecule has 1 amide bonds. The summed E-state index contributed by atoms with van der Waals surface area (Å²) in [6.45, 7) is 0. The zero-order valence-electron chi connectivity index (χ0n) is 9.94. The van der Waals surface area contributed by atoms with E-state index < -0.39 is 10.8 Å². The number of hydrogen-bond donors (Lipinski definition) is 0. The van der Waals surface area contributed by atoms with E-state index >= 15 is 0 Å². The van der Waals surface area contributed by atoms with Gasteiger partial charge >= 0.3 is 0 Å². The summed E-state index contributed by atoms with van der Waals surface area (Å²) in [4.78, 5) is 14.0. The van der Waals surface area contributed by atoms with E-state index in [2.05, 4.69) is 15.9 Å². The second-order valence-electron chi connectivity index (χ2n) is 3.87. The zero-order chi connectivity index (χ0) is 12.8. The zero-order valence-corrected chi connectivity index (χ0v) is 13.2. The molecule has 1 rings (SSSR count). The van der Waals surface area contributed by atoms with E-state index in [-0.39, 0.29) is 5.91 Å². The summed E-state index contributed by atoms with van der Waals surface area (Å²) in [6, 6.07) is 1.97. The van der Waals surface area contributed by atoms with Gasteiger partial charge in [-0.25, -0.2) is 0 Å². The lowest BCUT2D eigenvalue weighted by Gasteiger charge is -2.09. The standard InChI is InChI=1S/C11H16BrNO2S2/c1-13(2)11(14)4-3-7-17(15)8-10-9(12)5-6-16-10/h5-6H,3-4,7-8H2,1-2H3/t17-/m0/s1. The molecule has 0 saturated carbocycles. The minimum atomic E-state index is -0.880. The smallest absolute Gasteiger partial charge is 0.222 e. The van der Waals surface area contributed by atoms with Crippen LogP contribution in [-0.4, -0.2) is 34.9 Å². The molecule has 1 aromatic rings. The van der Waals surface area contributed by atoms with Gasteiger partial charge in [-0.2, -0.15) is 0 Å². The first-order valence-electron chi connectivity index (χ1n) is 5.27. The molecule has 0 bridgehead atoms. The summed E-state index contributed by atoms with van der Waals surface area (Å²) in [6.07, 6.45) is 1.16. The Morgan fingerprint density at radius 3 is 2.76 bits per heavy atom. The summed E-state index contributed by atoms with van der Waals surface area (Å²) in [5.74, 6) is 1.26. The second kappa shape index (κ2) is 7.28. The van der Waals surface area contributed by atoms with Crippen LogP contribution in [0.4, 0.5) is 0 Å². The quantitative estimate of drug-likeness (QED) is 0.800. The molecule has 0 aliphatic rings. The molecule has 6 heteroatoms. The van der Waals surface area contributed by atoms with Gasteiger partial charge in [0.25, 0.3) is 0 Å². The molecule has 3 nitrogen and oxygen atoms in total. The first-order chi connectivity index (χ1) is 8.00. The Bertz CT molecular complexity index is 404. The van der Waals surface area contributed by atoms with Crippen molar-refractivity contribution in [1.82, 2.24) is 4.90 Å². The summed E-state index contributed by atoms with van der Waals surface area (Å²) in [5, 5.41) is 1.98. The van der Waals surface area contributed by atoms with Crippen molar-refractivity contribution in [3.8, 4) is 0 Å². The third kappa shape index (κ3) is 5.31. The Morgan fingerprint density at radius 2 is 2.24 bits per heavy atom. The van der Waals surface area contributed by atoms with Crippen molar-refractivity contribution in [2.45, 2.75) is 18.6 Å². The lowest BCUT2D eigenvalue weighted by atomic mass is 10.3. The van der Waals surface area contributed by atoms with E-state index in [1.807, 2.05) is 11.4 Å². The summed E-state index contributed by atoms with van der Waals surface area (Å²) in [7, 11) is 2.60. The number of carbonyl (C=O) groups is 1. The average Bonchev–Trinajstić information content (AvgIpc) is 2.64. The molecule has 0 aliphatic heterocycles. The molecule has 0 spiro atoms. The molecular weight excluding hydrogens is 322 g/mol. The predicted molar refractivity (Wildman–Crippen MR) is 76.7 cm³/mol. The van der Waals surface area contributed by atoms with Crippen molar-refractivity contribution < 1.29 is 9.00 Å². The fourth-order valence-electron chi connectivity index (χ4n) is 1.25. The molecule has 0 aliphatic carbocycles. The van der Waals surface area contributed by atoms with Gasteiger partial charge in [0.05, 0.1) is 5.75 Å². The van der Waals surface area contributed by atoms with Gasteiger partial charge in [-0.3, -0.25) is 9.00 Å². The van der Waals surface area contributed by atoms with Gasteiger partial charge in [0.1, 0.15) is 0 Å². The molecule has 1 atom stereocenters. The van der Waals surface area contributed by atoms with Crippen LogP contribution in [0.3, 0.4) is 0 Å². The molecule has 1 heterocycles. The SMILES string of the molecule is CN(C)C(=O)CCC[S@](=O)Cc1sccc1Br. The van der Waals surface area contributed by atoms with Crippen molar-refractivity contribution >= 4 is 44.0 Å². The lowest BCUT2D eigenvalue weighted by molar-refractivity contribution is -0.128. The molecule has 1 aromatic heterocycles. The van der Waals surface area contributed by atoms with Crippen LogP contribution in [0.15, 0.2) is 15.9 Å². The fourth-order valence-corrected chi connectivity index (χ4v) is 4.44. The average molecular weight is 338 g/mol. The van der Waals surface area contributed by atoms with Crippen molar-refractivity contribution in [2.75, 3.05) is 19.8 Å². The highest BCUT2D eigenvalue weighted by Crippen LogP contribution is 2.24. The van der Waals surface area contributed by atoms with Gasteiger partial charge < -0.3 is 4.90 Å². The maximum atomic E-state index is 11.8. The van der Waals surface area contributed by atoms with Crippen molar-refractivity contribution in [1.29, 1.82) is 0 Å². The Balaban J connectivity index is 2.27. The summed E-state index contributed by atoms with van der Waals surface area (Å²) < 4.78 is 12.8. The van der Waals surface area contributed by atoms with Gasteiger partial charge in [-0.15, -0.1) is 11.3 Å². The van der Waals surface area contributed by atoms with Gasteiger partial charge in [0, 0.05) is 46.4 Å². The topological polar surface area (TPSA) is 37.4 Å². The van der Waals surface area contributed by atoms with Crippen LogP contribution in [0.25, 0.3) is 0 Å². The number of rotatable bonds is 6. The number of amides is 1. The molecular formula is C11H16BrNO2S2. The largest absolute Gasteiger partial charge is 0.349 e. The highest BCUT2D eigenvalue weighted by molar-refractivity contribution is 9.10. The monoisotopic (exact) mass is 337 g/mol. The lowest BCUT2D eigenvalue weighted by Crippen LogP contribution is -2.21. The number of thiophene rings is 1. The van der Waals surface area contributed by atoms with E-state index in [9.17, 15) is 9.00 Å². The molecule has 0 N–H and O–H groups in total.